The summed E-state index contributed by atoms with van der Waals surface area (Å²) in [5.41, 5.74) is 6.11. The van der Waals surface area contributed by atoms with Crippen molar-refractivity contribution in [2.24, 2.45) is 0 Å². The van der Waals surface area contributed by atoms with E-state index in [4.69, 9.17) is 10.8 Å². The molecule has 10 heteroatoms. The van der Waals surface area contributed by atoms with Gasteiger partial charge < -0.3 is 30.7 Å². The van der Waals surface area contributed by atoms with Crippen molar-refractivity contribution in [1.82, 2.24) is 19.5 Å². The quantitative estimate of drug-likeness (QED) is 0.368. The Hall–Kier alpha value is -2.14. The van der Waals surface area contributed by atoms with Gasteiger partial charge in [-0.25, -0.2) is 15.0 Å². The number of fused-ring (bicyclic) bond motifs is 1. The maximum absolute atomic E-state index is 11.7. The summed E-state index contributed by atoms with van der Waals surface area (Å²) in [7, 11) is 0. The zero-order valence-electron chi connectivity index (χ0n) is 11.8. The van der Waals surface area contributed by atoms with Crippen molar-refractivity contribution in [3.8, 4) is 0 Å². The number of Topliss-reactive ketones (excluding diaryl/α,β-unsaturated/α-hetero) is 1. The van der Waals surface area contributed by atoms with E-state index in [0.717, 1.165) is 0 Å². The van der Waals surface area contributed by atoms with Crippen LogP contribution in [0, 0.1) is 0 Å². The molecule has 3 atom stereocenters. The number of carbonyl (C=O) groups excluding carboxylic acids is 1. The lowest BCUT2D eigenvalue weighted by Crippen LogP contribution is -2.42. The number of nitrogens with zero attached hydrogens (tertiary/aromatic N) is 4. The van der Waals surface area contributed by atoms with Gasteiger partial charge in [0, 0.05) is 6.92 Å². The van der Waals surface area contributed by atoms with Crippen molar-refractivity contribution in [2.45, 2.75) is 31.8 Å². The molecule has 2 heterocycles. The van der Waals surface area contributed by atoms with Crippen LogP contribution in [0.4, 0.5) is 5.82 Å². The third-order valence-corrected chi connectivity index (χ3v) is 3.22. The highest BCUT2D eigenvalue weighted by molar-refractivity contribution is 5.95. The van der Waals surface area contributed by atoms with Gasteiger partial charge in [-0.1, -0.05) is 0 Å². The fourth-order valence-electron chi connectivity index (χ4n) is 2.06. The Kier molecular flexibility index (Phi) is 4.66. The molecule has 0 aliphatic rings. The number of carbonyl (C=O) groups is 1. The molecule has 2 aromatic heterocycles. The highest BCUT2D eigenvalue weighted by atomic mass is 16.4. The summed E-state index contributed by atoms with van der Waals surface area (Å²) >= 11 is 0. The Bertz CT molecular complexity index is 688. The van der Waals surface area contributed by atoms with Gasteiger partial charge >= 0.3 is 0 Å². The Labute approximate surface area is 124 Å². The van der Waals surface area contributed by atoms with Crippen LogP contribution < -0.4 is 5.73 Å². The number of aromatic nitrogens is 4. The van der Waals surface area contributed by atoms with Gasteiger partial charge in [0.1, 0.15) is 24.6 Å². The number of hydrogen-bond donors (Lipinski definition) is 5. The van der Waals surface area contributed by atoms with Crippen molar-refractivity contribution in [3.63, 3.8) is 0 Å². The van der Waals surface area contributed by atoms with Gasteiger partial charge in [0.25, 0.3) is 0 Å². The summed E-state index contributed by atoms with van der Waals surface area (Å²) in [4.78, 5) is 23.5. The maximum atomic E-state index is 11.7. The minimum atomic E-state index is -1.60. The largest absolute Gasteiger partial charge is 0.394 e. The molecule has 0 radical (unpaired) electrons. The molecule has 0 saturated carbocycles. The average molecular weight is 311 g/mol. The predicted octanol–water partition coefficient (Wildman–Crippen LogP) is -2.31. The molecule has 0 fully saturated rings. The van der Waals surface area contributed by atoms with Crippen LogP contribution in [0.2, 0.25) is 0 Å². The first-order valence-corrected chi connectivity index (χ1v) is 6.49. The molecular formula is C12H17N5O5. The fraction of sp³-hybridized carbons (Fsp3) is 0.500. The van der Waals surface area contributed by atoms with E-state index in [-0.39, 0.29) is 35.1 Å². The number of aliphatic hydroxyl groups is 4. The number of ketones is 1. The number of imidazole rings is 1. The number of nitrogens with two attached hydrogens (primary N) is 1. The second-order valence-electron chi connectivity index (χ2n) is 4.84. The number of rotatable bonds is 6. The van der Waals surface area contributed by atoms with Crippen LogP contribution in [0.3, 0.4) is 0 Å². The number of nitrogen functional groups attached to an aromatic ring is 1. The molecule has 0 spiro atoms. The minimum Gasteiger partial charge on any atom is -0.394 e. The summed E-state index contributed by atoms with van der Waals surface area (Å²) in [5.74, 6) is -0.314. The van der Waals surface area contributed by atoms with E-state index >= 15 is 0 Å². The summed E-state index contributed by atoms with van der Waals surface area (Å²) in [6.07, 6.45) is -3.37. The molecule has 0 aromatic carbocycles. The Morgan fingerprint density at radius 1 is 1.32 bits per heavy atom. The lowest BCUT2D eigenvalue weighted by atomic mass is 10.1. The van der Waals surface area contributed by atoms with E-state index in [2.05, 4.69) is 15.0 Å². The zero-order chi connectivity index (χ0) is 16.4. The highest BCUT2D eigenvalue weighted by Crippen LogP contribution is 2.19. The van der Waals surface area contributed by atoms with Crippen molar-refractivity contribution >= 4 is 22.8 Å². The normalized spacial score (nSPS) is 15.7. The van der Waals surface area contributed by atoms with E-state index < -0.39 is 24.9 Å². The first-order chi connectivity index (χ1) is 10.4. The van der Waals surface area contributed by atoms with Crippen molar-refractivity contribution < 1.29 is 25.2 Å². The van der Waals surface area contributed by atoms with Gasteiger partial charge in [0.2, 0.25) is 0 Å². The molecule has 22 heavy (non-hydrogen) atoms. The van der Waals surface area contributed by atoms with E-state index in [9.17, 15) is 20.1 Å². The summed E-state index contributed by atoms with van der Waals surface area (Å²) in [5, 5.41) is 37.8. The molecule has 2 rings (SSSR count). The van der Waals surface area contributed by atoms with Crippen LogP contribution in [0.15, 0.2) is 6.33 Å². The summed E-state index contributed by atoms with van der Waals surface area (Å²) in [6, 6.07) is 0. The van der Waals surface area contributed by atoms with E-state index in [0.29, 0.717) is 0 Å². The summed E-state index contributed by atoms with van der Waals surface area (Å²) < 4.78 is 1.29. The van der Waals surface area contributed by atoms with E-state index in [1.165, 1.54) is 17.8 Å². The molecule has 6 N–H and O–H groups in total. The Morgan fingerprint density at radius 2 is 2.00 bits per heavy atom. The minimum absolute atomic E-state index is 0.00746. The second kappa shape index (κ2) is 6.32. The van der Waals surface area contributed by atoms with Gasteiger partial charge in [-0.05, 0) is 0 Å². The molecule has 0 aliphatic carbocycles. The highest BCUT2D eigenvalue weighted by Gasteiger charge is 2.27. The molecular weight excluding hydrogens is 294 g/mol. The van der Waals surface area contributed by atoms with E-state index in [1.54, 1.807) is 0 Å². The molecule has 0 aliphatic heterocycles. The van der Waals surface area contributed by atoms with Crippen molar-refractivity contribution in [3.05, 3.63) is 12.2 Å². The maximum Gasteiger partial charge on any atom is 0.195 e. The third-order valence-electron chi connectivity index (χ3n) is 3.22. The van der Waals surface area contributed by atoms with Gasteiger partial charge in [-0.2, -0.15) is 0 Å². The SMILES string of the molecule is CC(=O)c1nc2c(N)ncnc2n1C[C@@H](O)[C@@H](O)C(O)CO. The Balaban J connectivity index is 2.43. The monoisotopic (exact) mass is 311 g/mol. The van der Waals surface area contributed by atoms with Crippen LogP contribution in [-0.4, -0.2) is 70.6 Å². The average Bonchev–Trinajstić information content (AvgIpc) is 2.86. The Morgan fingerprint density at radius 3 is 2.59 bits per heavy atom. The standard InChI is InChI=1S/C12H17N5O5/c1-5(19)11-16-8-10(13)14-4-15-12(8)17(11)2-6(20)9(22)7(21)3-18/h4,6-7,9,18,20-22H,2-3H2,1H3,(H2,13,14,15)/t6-,7?,9-/m1/s1. The topological polar surface area (TPSA) is 168 Å². The van der Waals surface area contributed by atoms with Crippen LogP contribution in [-0.2, 0) is 6.54 Å². The molecule has 1 unspecified atom stereocenters. The molecule has 0 saturated heterocycles. The van der Waals surface area contributed by atoms with Crippen LogP contribution in [0.25, 0.3) is 11.2 Å². The van der Waals surface area contributed by atoms with Gasteiger partial charge in [-0.3, -0.25) is 4.79 Å². The molecule has 10 nitrogen and oxygen atoms in total. The lowest BCUT2D eigenvalue weighted by molar-refractivity contribution is -0.0804. The van der Waals surface area contributed by atoms with Crippen LogP contribution >= 0.6 is 0 Å². The zero-order valence-corrected chi connectivity index (χ0v) is 11.8. The van der Waals surface area contributed by atoms with Gasteiger partial charge in [0.05, 0.1) is 13.2 Å². The predicted molar refractivity (Wildman–Crippen MR) is 74.8 cm³/mol. The molecule has 0 bridgehead atoms. The molecule has 2 aromatic rings. The van der Waals surface area contributed by atoms with Crippen molar-refractivity contribution in [2.75, 3.05) is 12.3 Å². The van der Waals surface area contributed by atoms with Crippen LogP contribution in [0.1, 0.15) is 17.5 Å². The molecule has 120 valence electrons. The fourth-order valence-corrected chi connectivity index (χ4v) is 2.06. The smallest absolute Gasteiger partial charge is 0.195 e. The van der Waals surface area contributed by atoms with Gasteiger partial charge in [0.15, 0.2) is 28.6 Å². The first kappa shape index (κ1) is 16.2. The van der Waals surface area contributed by atoms with E-state index in [1.807, 2.05) is 0 Å². The van der Waals surface area contributed by atoms with Gasteiger partial charge in [-0.15, -0.1) is 0 Å². The second-order valence-corrected chi connectivity index (χ2v) is 4.84. The molecule has 0 amide bonds. The number of anilines is 1. The van der Waals surface area contributed by atoms with Crippen LogP contribution in [0.5, 0.6) is 0 Å². The van der Waals surface area contributed by atoms with Crippen molar-refractivity contribution in [1.29, 1.82) is 0 Å². The summed E-state index contributed by atoms with van der Waals surface area (Å²) in [6.45, 7) is 0.310. The number of aliphatic hydroxyl groups excluding tert-OH is 4. The lowest BCUT2D eigenvalue weighted by Gasteiger charge is -2.22. The first-order valence-electron chi connectivity index (χ1n) is 6.49. The number of hydrogen-bond acceptors (Lipinski definition) is 9. The third kappa shape index (κ3) is 2.90.